The Morgan fingerprint density at radius 1 is 1.07 bits per heavy atom. The number of hydrogen-bond donors (Lipinski definition) is 1. The molecule has 1 atom stereocenters. The molecule has 2 bridgehead atoms. The second kappa shape index (κ2) is 4.01. The van der Waals surface area contributed by atoms with Crippen LogP contribution < -0.4 is 5.32 Å². The van der Waals surface area contributed by atoms with E-state index in [4.69, 9.17) is 14.2 Å². The molecule has 4 saturated heterocycles. The molecule has 0 saturated carbocycles. The van der Waals surface area contributed by atoms with Crippen LogP contribution in [0.5, 0.6) is 0 Å². The summed E-state index contributed by atoms with van der Waals surface area (Å²) in [5, 5.41) is 3.50. The van der Waals surface area contributed by atoms with E-state index in [0.29, 0.717) is 12.0 Å². The van der Waals surface area contributed by atoms with E-state index in [1.54, 1.807) is 0 Å². The summed E-state index contributed by atoms with van der Waals surface area (Å²) in [6, 6.07) is 0.494. The van der Waals surface area contributed by atoms with Crippen molar-refractivity contribution in [3.8, 4) is 0 Å². The molecular weight excluding hydrogens is 194 g/mol. The molecule has 0 radical (unpaired) electrons. The lowest BCUT2D eigenvalue weighted by molar-refractivity contribution is -0.451. The molecule has 4 heteroatoms. The third-order valence-electron chi connectivity index (χ3n) is 3.53. The van der Waals surface area contributed by atoms with E-state index >= 15 is 0 Å². The fourth-order valence-corrected chi connectivity index (χ4v) is 2.58. The molecule has 0 aromatic heterocycles. The molecule has 1 N–H and O–H groups in total. The van der Waals surface area contributed by atoms with Crippen molar-refractivity contribution in [2.45, 2.75) is 37.7 Å². The van der Waals surface area contributed by atoms with Gasteiger partial charge >= 0.3 is 0 Å². The van der Waals surface area contributed by atoms with Gasteiger partial charge in [0.05, 0.1) is 19.8 Å². The second-order valence-corrected chi connectivity index (χ2v) is 4.83. The Bertz CT molecular complexity index is 206. The number of rotatable bonds is 2. The minimum Gasteiger partial charge on any atom is -0.327 e. The first-order valence-electron chi connectivity index (χ1n) is 6.02. The van der Waals surface area contributed by atoms with Crippen LogP contribution >= 0.6 is 0 Å². The first-order valence-corrected chi connectivity index (χ1v) is 6.02. The van der Waals surface area contributed by atoms with Crippen LogP contribution in [-0.2, 0) is 14.2 Å². The molecule has 4 fully saturated rings. The number of fused-ring (bicyclic) bond motifs is 3. The van der Waals surface area contributed by atoms with Crippen LogP contribution in [0.2, 0.25) is 0 Å². The highest BCUT2D eigenvalue weighted by Gasteiger charge is 2.46. The van der Waals surface area contributed by atoms with Crippen LogP contribution in [0.3, 0.4) is 0 Å². The molecular formula is C11H19NO3. The van der Waals surface area contributed by atoms with E-state index in [-0.39, 0.29) is 0 Å². The molecule has 1 unspecified atom stereocenters. The third-order valence-corrected chi connectivity index (χ3v) is 3.53. The predicted octanol–water partition coefficient (Wildman–Crippen LogP) is 0.866. The Hall–Kier alpha value is -0.160. The molecule has 0 aromatic rings. The van der Waals surface area contributed by atoms with E-state index in [9.17, 15) is 0 Å². The minimum atomic E-state index is -0.718. The number of hydrogen-bond acceptors (Lipinski definition) is 4. The molecule has 15 heavy (non-hydrogen) atoms. The van der Waals surface area contributed by atoms with Crippen LogP contribution in [0.15, 0.2) is 0 Å². The number of piperidine rings is 1. The van der Waals surface area contributed by atoms with Crippen molar-refractivity contribution in [2.75, 3.05) is 26.4 Å². The zero-order valence-corrected chi connectivity index (χ0v) is 9.04. The van der Waals surface area contributed by atoms with Crippen molar-refractivity contribution < 1.29 is 14.2 Å². The fourth-order valence-electron chi connectivity index (χ4n) is 2.58. The standard InChI is InChI=1S/C11H19NO3/c1-2-4-12-10(3-1)5-11-13-6-9(7-14-11)8-15-11/h9-10,12H,1-8H2. The first kappa shape index (κ1) is 10.0. The number of ether oxygens (including phenoxy) is 3. The van der Waals surface area contributed by atoms with Crippen molar-refractivity contribution >= 4 is 0 Å². The summed E-state index contributed by atoms with van der Waals surface area (Å²) in [6.45, 7) is 3.51. The summed E-state index contributed by atoms with van der Waals surface area (Å²) in [4.78, 5) is 0. The smallest absolute Gasteiger partial charge is 0.284 e. The molecule has 0 spiro atoms. The molecule has 0 aliphatic carbocycles. The quantitative estimate of drug-likeness (QED) is 0.738. The van der Waals surface area contributed by atoms with Gasteiger partial charge in [0.15, 0.2) is 0 Å². The van der Waals surface area contributed by atoms with Gasteiger partial charge in [-0.05, 0) is 19.4 Å². The topological polar surface area (TPSA) is 39.7 Å². The van der Waals surface area contributed by atoms with E-state index in [1.807, 2.05) is 0 Å². The van der Waals surface area contributed by atoms with Gasteiger partial charge in [0.2, 0.25) is 0 Å². The fraction of sp³-hybridized carbons (Fsp3) is 1.00. The molecule has 4 rings (SSSR count). The average molecular weight is 213 g/mol. The van der Waals surface area contributed by atoms with Gasteiger partial charge in [0.25, 0.3) is 5.97 Å². The summed E-state index contributed by atoms with van der Waals surface area (Å²) >= 11 is 0. The summed E-state index contributed by atoms with van der Waals surface area (Å²) in [5.74, 6) is -0.268. The normalized spacial score (nSPS) is 45.6. The van der Waals surface area contributed by atoms with Crippen LogP contribution in [0.4, 0.5) is 0 Å². The summed E-state index contributed by atoms with van der Waals surface area (Å²) in [6.07, 6.45) is 4.63. The lowest BCUT2D eigenvalue weighted by Gasteiger charge is -2.46. The first-order chi connectivity index (χ1) is 7.36. The molecule has 4 aliphatic rings. The summed E-state index contributed by atoms with van der Waals surface area (Å²) in [7, 11) is 0. The summed E-state index contributed by atoms with van der Waals surface area (Å²) in [5.41, 5.74) is 0. The van der Waals surface area contributed by atoms with Crippen LogP contribution in [0.1, 0.15) is 25.7 Å². The minimum absolute atomic E-state index is 0.450. The summed E-state index contributed by atoms with van der Waals surface area (Å²) < 4.78 is 17.0. The van der Waals surface area contributed by atoms with Gasteiger partial charge in [0.1, 0.15) is 0 Å². The monoisotopic (exact) mass is 213 g/mol. The molecule has 0 aromatic carbocycles. The zero-order valence-electron chi connectivity index (χ0n) is 9.04. The molecule has 4 nitrogen and oxygen atoms in total. The Morgan fingerprint density at radius 2 is 1.80 bits per heavy atom. The van der Waals surface area contributed by atoms with E-state index < -0.39 is 5.97 Å². The predicted molar refractivity (Wildman–Crippen MR) is 54.3 cm³/mol. The maximum absolute atomic E-state index is 5.68. The molecule has 4 aliphatic heterocycles. The van der Waals surface area contributed by atoms with Crippen molar-refractivity contribution in [1.29, 1.82) is 0 Å². The highest BCUT2D eigenvalue weighted by molar-refractivity contribution is 4.81. The van der Waals surface area contributed by atoms with E-state index in [2.05, 4.69) is 5.32 Å². The van der Waals surface area contributed by atoms with Gasteiger partial charge < -0.3 is 19.5 Å². The Morgan fingerprint density at radius 3 is 2.40 bits per heavy atom. The van der Waals surface area contributed by atoms with Gasteiger partial charge in [-0.1, -0.05) is 6.42 Å². The van der Waals surface area contributed by atoms with Crippen molar-refractivity contribution in [3.63, 3.8) is 0 Å². The van der Waals surface area contributed by atoms with E-state index in [0.717, 1.165) is 32.8 Å². The second-order valence-electron chi connectivity index (χ2n) is 4.83. The Balaban J connectivity index is 1.60. The highest BCUT2D eigenvalue weighted by atomic mass is 16.9. The van der Waals surface area contributed by atoms with Gasteiger partial charge in [-0.15, -0.1) is 0 Å². The lowest BCUT2D eigenvalue weighted by Crippen LogP contribution is -2.56. The third kappa shape index (κ3) is 2.04. The maximum atomic E-state index is 5.68. The van der Waals surface area contributed by atoms with Crippen LogP contribution in [-0.4, -0.2) is 38.4 Å². The largest absolute Gasteiger partial charge is 0.327 e. The van der Waals surface area contributed by atoms with Crippen molar-refractivity contribution in [3.05, 3.63) is 0 Å². The lowest BCUT2D eigenvalue weighted by atomic mass is 9.99. The highest BCUT2D eigenvalue weighted by Crippen LogP contribution is 2.34. The van der Waals surface area contributed by atoms with Gasteiger partial charge in [-0.3, -0.25) is 0 Å². The molecule has 4 heterocycles. The Kier molecular flexibility index (Phi) is 2.68. The van der Waals surface area contributed by atoms with Gasteiger partial charge in [0, 0.05) is 18.4 Å². The van der Waals surface area contributed by atoms with Crippen molar-refractivity contribution in [1.82, 2.24) is 5.32 Å². The number of nitrogens with one attached hydrogen (secondary N) is 1. The molecule has 0 amide bonds. The average Bonchev–Trinajstić information content (AvgIpc) is 2.32. The van der Waals surface area contributed by atoms with Crippen LogP contribution in [0.25, 0.3) is 0 Å². The Labute approximate surface area is 90.3 Å². The maximum Gasteiger partial charge on any atom is 0.284 e. The van der Waals surface area contributed by atoms with Gasteiger partial charge in [-0.2, -0.15) is 0 Å². The van der Waals surface area contributed by atoms with Gasteiger partial charge in [-0.25, -0.2) is 0 Å². The van der Waals surface area contributed by atoms with Crippen molar-refractivity contribution in [2.24, 2.45) is 5.92 Å². The molecule has 86 valence electrons. The van der Waals surface area contributed by atoms with E-state index in [1.165, 1.54) is 19.3 Å². The zero-order chi connectivity index (χ0) is 10.1. The SMILES string of the molecule is C1CCC(CC23OCC(CO2)CO3)NC1. The van der Waals surface area contributed by atoms with Crippen LogP contribution in [0, 0.1) is 5.92 Å².